The maximum atomic E-state index is 7.48. The van der Waals surface area contributed by atoms with Gasteiger partial charge in [-0.05, 0) is 98.8 Å². The van der Waals surface area contributed by atoms with E-state index in [0.717, 1.165) is 61.2 Å². The predicted molar refractivity (Wildman–Crippen MR) is 232 cm³/mol. The maximum absolute atomic E-state index is 7.48. The fourth-order valence-electron chi connectivity index (χ4n) is 11.0. The Morgan fingerprint density at radius 1 is 0.830 bits per heavy atom. The Morgan fingerprint density at radius 3 is 2.23 bits per heavy atom. The number of rotatable bonds is 10. The predicted octanol–water partition coefficient (Wildman–Crippen LogP) is 14.7. The topological polar surface area (TPSA) is 6.25 Å². The molecule has 0 aromatic heterocycles. The summed E-state index contributed by atoms with van der Waals surface area (Å²) < 4.78 is 2.86. The molecule has 2 nitrogen and oxygen atoms in total. The molecular formula is C48H70Cl3N2+. The van der Waals surface area contributed by atoms with Gasteiger partial charge in [0.25, 0.3) is 0 Å². The van der Waals surface area contributed by atoms with E-state index in [2.05, 4.69) is 87.5 Å². The highest BCUT2D eigenvalue weighted by atomic mass is 35.5. The number of fused-ring (bicyclic) bond motifs is 2. The molecule has 292 valence electrons. The van der Waals surface area contributed by atoms with Crippen molar-refractivity contribution in [2.45, 2.75) is 174 Å². The number of unbranched alkanes of at least 4 members (excludes halogenated alkanes) is 2. The Morgan fingerprint density at radius 2 is 1.53 bits per heavy atom. The zero-order valence-electron chi connectivity index (χ0n) is 34.1. The molecule has 0 N–H and O–H groups in total. The van der Waals surface area contributed by atoms with Crippen LogP contribution < -0.4 is 4.90 Å². The summed E-state index contributed by atoms with van der Waals surface area (Å²) in [6.45, 7) is 16.5. The lowest BCUT2D eigenvalue weighted by atomic mass is 9.63. The molecule has 0 amide bonds. The Balaban J connectivity index is 1.28. The van der Waals surface area contributed by atoms with Gasteiger partial charge in [-0.15, -0.1) is 11.6 Å². The summed E-state index contributed by atoms with van der Waals surface area (Å²) in [5.74, 6) is 2.03. The molecule has 5 aliphatic rings. The molecule has 1 aromatic rings. The third kappa shape index (κ3) is 8.91. The number of allylic oxidation sites excluding steroid dienone is 8. The van der Waals surface area contributed by atoms with E-state index >= 15 is 0 Å². The molecule has 2 aliphatic heterocycles. The van der Waals surface area contributed by atoms with Gasteiger partial charge < -0.3 is 4.90 Å². The van der Waals surface area contributed by atoms with E-state index < -0.39 is 0 Å². The first-order valence-corrected chi connectivity index (χ1v) is 23.0. The average Bonchev–Trinajstić information content (AvgIpc) is 3.47. The molecule has 0 radical (unpaired) electrons. The fraction of sp³-hybridized carbons (Fsp3) is 0.688. The molecule has 2 heterocycles. The normalized spacial score (nSPS) is 29.8. The molecule has 2 fully saturated rings. The van der Waals surface area contributed by atoms with Crippen LogP contribution in [-0.2, 0) is 5.41 Å². The van der Waals surface area contributed by atoms with Gasteiger partial charge in [0.15, 0.2) is 11.8 Å². The Bertz CT molecular complexity index is 1580. The summed E-state index contributed by atoms with van der Waals surface area (Å²) in [5, 5.41) is 2.05. The number of halogens is 3. The first-order chi connectivity index (χ1) is 25.5. The van der Waals surface area contributed by atoms with Crippen molar-refractivity contribution in [2.75, 3.05) is 18.0 Å². The van der Waals surface area contributed by atoms with E-state index in [1.807, 2.05) is 6.07 Å². The van der Waals surface area contributed by atoms with E-state index in [0.29, 0.717) is 23.3 Å². The quantitative estimate of drug-likeness (QED) is 0.169. The van der Waals surface area contributed by atoms with Gasteiger partial charge in [-0.2, -0.15) is 0 Å². The first kappa shape index (κ1) is 41.2. The maximum Gasteiger partial charge on any atom is 0.182 e. The minimum absolute atomic E-state index is 0.0854. The summed E-state index contributed by atoms with van der Waals surface area (Å²) in [5.41, 5.74) is 7.96. The van der Waals surface area contributed by atoms with Crippen LogP contribution in [-0.4, -0.2) is 34.8 Å². The number of nitrogens with zero attached hydrogens (tertiary/aromatic N) is 2. The molecule has 1 aromatic carbocycles. The molecular weight excluding hydrogens is 711 g/mol. The van der Waals surface area contributed by atoms with Crippen LogP contribution in [0.4, 0.5) is 5.69 Å². The van der Waals surface area contributed by atoms with Crippen molar-refractivity contribution in [3.05, 3.63) is 75.0 Å². The van der Waals surface area contributed by atoms with Gasteiger partial charge in [0.2, 0.25) is 0 Å². The van der Waals surface area contributed by atoms with E-state index in [1.54, 1.807) is 0 Å². The van der Waals surface area contributed by atoms with Crippen LogP contribution in [0.3, 0.4) is 0 Å². The van der Waals surface area contributed by atoms with Crippen LogP contribution in [0.15, 0.2) is 64.4 Å². The van der Waals surface area contributed by atoms with Crippen molar-refractivity contribution in [1.29, 1.82) is 0 Å². The van der Waals surface area contributed by atoms with E-state index in [-0.39, 0.29) is 10.8 Å². The van der Waals surface area contributed by atoms with Gasteiger partial charge in [-0.1, -0.05) is 134 Å². The minimum atomic E-state index is -0.128. The van der Waals surface area contributed by atoms with Crippen LogP contribution >= 0.6 is 34.8 Å². The third-order valence-corrected chi connectivity index (χ3v) is 15.4. The second-order valence-electron chi connectivity index (χ2n) is 18.4. The summed E-state index contributed by atoms with van der Waals surface area (Å²) in [7, 11) is 0. The van der Waals surface area contributed by atoms with Crippen LogP contribution in [0.2, 0.25) is 5.02 Å². The lowest BCUT2D eigenvalue weighted by Crippen LogP contribution is -2.44. The molecule has 53 heavy (non-hydrogen) atoms. The van der Waals surface area contributed by atoms with E-state index in [9.17, 15) is 0 Å². The number of anilines is 1. The van der Waals surface area contributed by atoms with Gasteiger partial charge in [-0.25, -0.2) is 4.58 Å². The number of alkyl halides is 1. The largest absolute Gasteiger partial charge is 0.344 e. The average molecular weight is 781 g/mol. The van der Waals surface area contributed by atoms with Gasteiger partial charge in [0, 0.05) is 63.6 Å². The highest BCUT2D eigenvalue weighted by Crippen LogP contribution is 2.52. The van der Waals surface area contributed by atoms with Crippen molar-refractivity contribution < 1.29 is 4.58 Å². The molecule has 3 aliphatic carbocycles. The molecule has 0 bridgehead atoms. The van der Waals surface area contributed by atoms with Crippen LogP contribution in [0.25, 0.3) is 0 Å². The Kier molecular flexibility index (Phi) is 14.1. The van der Waals surface area contributed by atoms with Crippen molar-refractivity contribution in [2.24, 2.45) is 23.2 Å². The summed E-state index contributed by atoms with van der Waals surface area (Å²) in [6.07, 6.45) is 32.6. The van der Waals surface area contributed by atoms with Crippen molar-refractivity contribution in [3.63, 3.8) is 0 Å². The lowest BCUT2D eigenvalue weighted by molar-refractivity contribution is -0.568. The van der Waals surface area contributed by atoms with Crippen molar-refractivity contribution in [3.8, 4) is 0 Å². The van der Waals surface area contributed by atoms with Gasteiger partial charge >= 0.3 is 0 Å². The number of benzene rings is 1. The summed E-state index contributed by atoms with van der Waals surface area (Å²) in [6, 6.07) is 6.99. The van der Waals surface area contributed by atoms with Crippen LogP contribution in [0.1, 0.15) is 163 Å². The monoisotopic (exact) mass is 779 g/mol. The zero-order valence-corrected chi connectivity index (χ0v) is 36.4. The van der Waals surface area contributed by atoms with Crippen LogP contribution in [0.5, 0.6) is 0 Å². The zero-order chi connectivity index (χ0) is 37.8. The molecule has 0 saturated heterocycles. The van der Waals surface area contributed by atoms with Gasteiger partial charge in [0.05, 0.1) is 5.41 Å². The molecule has 0 spiro atoms. The van der Waals surface area contributed by atoms with Gasteiger partial charge in [-0.3, -0.25) is 0 Å². The SMILES string of the molecule is CCCCN1C(=CC=C2CCCC(C=CC3=[N+](CCCC)C4CC(C5CCCCCCCCC5)C(Cl)CC4C3(C)C)=C2Cl)C(C)(C)c2cc(Cl)ccc21. The third-order valence-electron chi connectivity index (χ3n) is 14.2. The number of hydrogen-bond donors (Lipinski definition) is 0. The molecule has 4 unspecified atom stereocenters. The second-order valence-corrected chi connectivity index (χ2v) is 19.7. The summed E-state index contributed by atoms with van der Waals surface area (Å²) in [4.78, 5) is 2.52. The molecule has 6 rings (SSSR count). The minimum Gasteiger partial charge on any atom is -0.344 e. The standard InChI is InChI=1S/C48H70Cl3N2/c1-7-9-29-52-42-26-25-37(49)31-39(42)47(3,4)44(52)27-23-35-21-18-22-36(46(35)51)24-28-45-48(5,6)40-33-41(50)38(32-43(40)53(45)30-10-8-2)34-19-16-14-12-11-13-15-17-20-34/h23-28,31,34,38,40-41,43H,7-22,29-30,32-33H2,1-6H3/q+1. The molecule has 4 atom stereocenters. The first-order valence-electron chi connectivity index (χ1n) is 21.8. The second kappa shape index (κ2) is 18.2. The smallest absolute Gasteiger partial charge is 0.182 e. The Labute approximate surface area is 339 Å². The lowest BCUT2D eigenvalue weighted by Gasteiger charge is -2.41. The number of hydrogen-bond acceptors (Lipinski definition) is 1. The van der Waals surface area contributed by atoms with Crippen LogP contribution in [0, 0.1) is 23.2 Å². The van der Waals surface area contributed by atoms with Crippen molar-refractivity contribution >= 4 is 46.2 Å². The molecule has 5 heteroatoms. The van der Waals surface area contributed by atoms with Gasteiger partial charge in [0.1, 0.15) is 6.54 Å². The highest BCUT2D eigenvalue weighted by Gasteiger charge is 2.58. The summed E-state index contributed by atoms with van der Waals surface area (Å²) >= 11 is 21.4. The Hall–Kier alpha value is -1.48. The fourth-order valence-corrected chi connectivity index (χ4v) is 12.0. The molecule has 2 saturated carbocycles. The van der Waals surface area contributed by atoms with E-state index in [4.69, 9.17) is 34.8 Å². The van der Waals surface area contributed by atoms with E-state index in [1.165, 1.54) is 117 Å². The van der Waals surface area contributed by atoms with Crippen molar-refractivity contribution in [1.82, 2.24) is 0 Å². The highest BCUT2D eigenvalue weighted by molar-refractivity contribution is 6.32.